The molecule has 2 heterocycles. The molecule has 0 saturated carbocycles. The van der Waals surface area contributed by atoms with Crippen molar-refractivity contribution < 1.29 is 9.53 Å². The Morgan fingerprint density at radius 1 is 1.80 bits per heavy atom. The number of ether oxygens (including phenoxy) is 1. The zero-order chi connectivity index (χ0) is 10.8. The lowest BCUT2D eigenvalue weighted by molar-refractivity contribution is -0.139. The van der Waals surface area contributed by atoms with Gasteiger partial charge in [-0.25, -0.2) is 0 Å². The Bertz CT molecular complexity index is 397. The van der Waals surface area contributed by atoms with Crippen LogP contribution >= 0.6 is 0 Å². The molecule has 0 aliphatic carbocycles. The molecule has 1 aromatic rings. The van der Waals surface area contributed by atoms with Gasteiger partial charge in [-0.1, -0.05) is 0 Å². The highest BCUT2D eigenvalue weighted by Gasteiger charge is 2.30. The smallest absolute Gasteiger partial charge is 0.314 e. The van der Waals surface area contributed by atoms with Crippen LogP contribution in [0.25, 0.3) is 0 Å². The van der Waals surface area contributed by atoms with Crippen LogP contribution in [0.5, 0.6) is 0 Å². The third-order valence-corrected chi connectivity index (χ3v) is 2.49. The second kappa shape index (κ2) is 3.84. The highest BCUT2D eigenvalue weighted by molar-refractivity contribution is 6.02. The van der Waals surface area contributed by atoms with Crippen LogP contribution in [0.1, 0.15) is 17.8 Å². The number of aromatic nitrogens is 2. The average molecular weight is 207 g/mol. The number of carbonyl (C=O) groups excluding carboxylic acids is 1. The summed E-state index contributed by atoms with van der Waals surface area (Å²) in [6.45, 7) is 2.34. The third kappa shape index (κ3) is 2.06. The summed E-state index contributed by atoms with van der Waals surface area (Å²) in [6, 6.07) is 1.88. The zero-order valence-electron chi connectivity index (χ0n) is 8.54. The second-order valence-electron chi connectivity index (χ2n) is 3.75. The van der Waals surface area contributed by atoms with E-state index in [-0.39, 0.29) is 11.9 Å². The average Bonchev–Trinajstić information content (AvgIpc) is 2.75. The molecule has 0 amide bonds. The molecule has 1 saturated heterocycles. The van der Waals surface area contributed by atoms with Crippen molar-refractivity contribution >= 4 is 11.7 Å². The van der Waals surface area contributed by atoms with Gasteiger partial charge < -0.3 is 10.1 Å². The van der Waals surface area contributed by atoms with Crippen molar-refractivity contribution in [1.82, 2.24) is 10.2 Å². The molecule has 0 radical (unpaired) electrons. The lowest BCUT2D eigenvalue weighted by Gasteiger charge is -2.05. The maximum Gasteiger partial charge on any atom is 0.314 e. The zero-order valence-corrected chi connectivity index (χ0v) is 8.54. The summed E-state index contributed by atoms with van der Waals surface area (Å²) in [6.07, 6.45) is 1.05. The largest absolute Gasteiger partial charge is 0.465 e. The highest BCUT2D eigenvalue weighted by Crippen LogP contribution is 2.17. The molecule has 0 spiro atoms. The highest BCUT2D eigenvalue weighted by atomic mass is 16.5. The Kier molecular flexibility index (Phi) is 2.53. The van der Waals surface area contributed by atoms with Gasteiger partial charge in [0.15, 0.2) is 0 Å². The number of hydrogen-bond donors (Lipinski definition) is 2. The first-order chi connectivity index (χ1) is 7.16. The van der Waals surface area contributed by atoms with Gasteiger partial charge in [0.1, 0.15) is 0 Å². The van der Waals surface area contributed by atoms with Crippen molar-refractivity contribution in [2.45, 2.75) is 19.8 Å². The van der Waals surface area contributed by atoms with Gasteiger partial charge >= 0.3 is 5.97 Å². The summed E-state index contributed by atoms with van der Waals surface area (Å²) in [5.41, 5.74) is 2.16. The molecule has 1 unspecified atom stereocenters. The van der Waals surface area contributed by atoms with Crippen molar-refractivity contribution in [3.05, 3.63) is 17.5 Å². The van der Waals surface area contributed by atoms with E-state index in [1.54, 1.807) is 0 Å². The van der Waals surface area contributed by atoms with Crippen molar-refractivity contribution in [3.8, 4) is 0 Å². The molecule has 1 atom stereocenters. The van der Waals surface area contributed by atoms with Gasteiger partial charge in [-0.05, 0) is 13.0 Å². The number of H-pyrrole nitrogens is 1. The normalized spacial score (nSPS) is 20.3. The Hall–Kier alpha value is -1.65. The number of carbonyl (C=O) groups is 1. The van der Waals surface area contributed by atoms with Crippen LogP contribution in [0.3, 0.4) is 0 Å². The SMILES string of the molecule is Cc1cc(CC(=N)C2CCOC2=O)n[nH]1. The fourth-order valence-corrected chi connectivity index (χ4v) is 1.70. The quantitative estimate of drug-likeness (QED) is 0.569. The first kappa shape index (κ1) is 9.89. The van der Waals surface area contributed by atoms with Gasteiger partial charge in [-0.15, -0.1) is 0 Å². The minimum atomic E-state index is -0.359. The van der Waals surface area contributed by atoms with Crippen LogP contribution in [0.2, 0.25) is 0 Å². The monoisotopic (exact) mass is 207 g/mol. The number of hydrogen-bond acceptors (Lipinski definition) is 4. The van der Waals surface area contributed by atoms with E-state index in [1.807, 2.05) is 13.0 Å². The molecule has 1 aromatic heterocycles. The van der Waals surface area contributed by atoms with Crippen LogP contribution < -0.4 is 0 Å². The van der Waals surface area contributed by atoms with Crippen LogP contribution in [-0.2, 0) is 16.0 Å². The van der Waals surface area contributed by atoms with E-state index in [0.29, 0.717) is 25.2 Å². The fourth-order valence-electron chi connectivity index (χ4n) is 1.70. The fraction of sp³-hybridized carbons (Fsp3) is 0.500. The summed E-state index contributed by atoms with van der Waals surface area (Å²) < 4.78 is 4.82. The molecule has 2 rings (SSSR count). The number of nitrogens with zero attached hydrogens (tertiary/aromatic N) is 1. The third-order valence-electron chi connectivity index (χ3n) is 2.49. The van der Waals surface area contributed by atoms with Crippen LogP contribution in [0.15, 0.2) is 6.07 Å². The standard InChI is InChI=1S/C10H13N3O2/c1-6-4-7(13-12-6)5-9(11)8-2-3-15-10(8)14/h4,8,11H,2-3,5H2,1H3,(H,12,13). The summed E-state index contributed by atoms with van der Waals surface area (Å²) in [5, 5.41) is 14.7. The van der Waals surface area contributed by atoms with Gasteiger partial charge in [-0.2, -0.15) is 5.10 Å². The molecular formula is C10H13N3O2. The molecule has 1 fully saturated rings. The van der Waals surface area contributed by atoms with Gasteiger partial charge in [0.05, 0.1) is 18.2 Å². The molecule has 1 aliphatic rings. The minimum absolute atomic E-state index is 0.271. The first-order valence-corrected chi connectivity index (χ1v) is 4.91. The van der Waals surface area contributed by atoms with E-state index >= 15 is 0 Å². The molecule has 2 N–H and O–H groups in total. The van der Waals surface area contributed by atoms with E-state index in [1.165, 1.54) is 0 Å². The van der Waals surface area contributed by atoms with Gasteiger partial charge in [0, 0.05) is 24.2 Å². The predicted octanol–water partition coefficient (Wildman–Crippen LogP) is 0.843. The molecule has 80 valence electrons. The summed E-state index contributed by atoms with van der Waals surface area (Å²) in [4.78, 5) is 11.2. The van der Waals surface area contributed by atoms with Crippen molar-refractivity contribution in [2.75, 3.05) is 6.61 Å². The second-order valence-corrected chi connectivity index (χ2v) is 3.75. The van der Waals surface area contributed by atoms with Gasteiger partial charge in [0.25, 0.3) is 0 Å². The summed E-state index contributed by atoms with van der Waals surface area (Å²) >= 11 is 0. The van der Waals surface area contributed by atoms with Gasteiger partial charge in [0.2, 0.25) is 0 Å². The van der Waals surface area contributed by atoms with E-state index < -0.39 is 0 Å². The maximum atomic E-state index is 11.2. The number of aromatic amines is 1. The topological polar surface area (TPSA) is 78.8 Å². The first-order valence-electron chi connectivity index (χ1n) is 4.91. The Labute approximate surface area is 87.3 Å². The van der Waals surface area contributed by atoms with Crippen LogP contribution in [0.4, 0.5) is 0 Å². The van der Waals surface area contributed by atoms with E-state index in [2.05, 4.69) is 10.2 Å². The van der Waals surface area contributed by atoms with Crippen LogP contribution in [0, 0.1) is 18.3 Å². The molecule has 5 heteroatoms. The summed E-state index contributed by atoms with van der Waals surface area (Å²) in [7, 11) is 0. The number of cyclic esters (lactones) is 1. The molecule has 1 aliphatic heterocycles. The maximum absolute atomic E-state index is 11.2. The van der Waals surface area contributed by atoms with E-state index in [4.69, 9.17) is 10.1 Å². The Morgan fingerprint density at radius 2 is 2.60 bits per heavy atom. The number of rotatable bonds is 3. The lowest BCUT2D eigenvalue weighted by Crippen LogP contribution is -2.20. The number of esters is 1. The summed E-state index contributed by atoms with van der Waals surface area (Å²) in [5.74, 6) is -0.630. The predicted molar refractivity (Wildman–Crippen MR) is 53.8 cm³/mol. The minimum Gasteiger partial charge on any atom is -0.465 e. The van der Waals surface area contributed by atoms with Crippen molar-refractivity contribution in [2.24, 2.45) is 5.92 Å². The molecular weight excluding hydrogens is 194 g/mol. The molecule has 15 heavy (non-hydrogen) atoms. The van der Waals surface area contributed by atoms with Gasteiger partial charge in [-0.3, -0.25) is 9.89 Å². The molecule has 0 bridgehead atoms. The Balaban J connectivity index is 2.00. The molecule has 5 nitrogen and oxygen atoms in total. The number of aryl methyl sites for hydroxylation is 1. The number of nitrogens with one attached hydrogen (secondary N) is 2. The van der Waals surface area contributed by atoms with E-state index in [0.717, 1.165) is 11.4 Å². The van der Waals surface area contributed by atoms with Crippen LogP contribution in [-0.4, -0.2) is 28.5 Å². The van der Waals surface area contributed by atoms with Crippen molar-refractivity contribution in [3.63, 3.8) is 0 Å². The Morgan fingerprint density at radius 3 is 3.13 bits per heavy atom. The lowest BCUT2D eigenvalue weighted by atomic mass is 9.98. The van der Waals surface area contributed by atoms with E-state index in [9.17, 15) is 4.79 Å². The van der Waals surface area contributed by atoms with Crippen molar-refractivity contribution in [1.29, 1.82) is 5.41 Å². The molecule has 0 aromatic carbocycles.